The highest BCUT2D eigenvalue weighted by atomic mass is 16.5. The maximum absolute atomic E-state index is 12.9. The topological polar surface area (TPSA) is 89.4 Å². The number of aromatic nitrogens is 1. The SMILES string of the molecule is CCOCCCNC(=O)c1cn(C2CCCC2)cc(C(=O)N[C@@H](C)CC)c1=O. The molecule has 2 rings (SSSR count). The molecule has 1 aliphatic rings. The van der Waals surface area contributed by atoms with Crippen molar-refractivity contribution in [3.05, 3.63) is 33.7 Å². The van der Waals surface area contributed by atoms with Crippen LogP contribution in [0.3, 0.4) is 0 Å². The van der Waals surface area contributed by atoms with Crippen LogP contribution in [-0.2, 0) is 4.74 Å². The zero-order chi connectivity index (χ0) is 20.5. The molecule has 1 aromatic rings. The minimum Gasteiger partial charge on any atom is -0.382 e. The number of hydrogen-bond donors (Lipinski definition) is 2. The lowest BCUT2D eigenvalue weighted by Crippen LogP contribution is -2.38. The summed E-state index contributed by atoms with van der Waals surface area (Å²) in [7, 11) is 0. The summed E-state index contributed by atoms with van der Waals surface area (Å²) in [5, 5.41) is 5.61. The minimum atomic E-state index is -0.516. The molecule has 7 heteroatoms. The van der Waals surface area contributed by atoms with E-state index in [-0.39, 0.29) is 23.2 Å². The van der Waals surface area contributed by atoms with Crippen LogP contribution in [0.2, 0.25) is 0 Å². The van der Waals surface area contributed by atoms with Gasteiger partial charge in [0.2, 0.25) is 5.43 Å². The Morgan fingerprint density at radius 1 is 1.18 bits per heavy atom. The quantitative estimate of drug-likeness (QED) is 0.600. The van der Waals surface area contributed by atoms with Crippen LogP contribution in [0.4, 0.5) is 0 Å². The Morgan fingerprint density at radius 3 is 2.43 bits per heavy atom. The van der Waals surface area contributed by atoms with Gasteiger partial charge in [-0.15, -0.1) is 0 Å². The second-order valence-corrected chi connectivity index (χ2v) is 7.39. The zero-order valence-corrected chi connectivity index (χ0v) is 17.3. The first-order valence-corrected chi connectivity index (χ1v) is 10.4. The molecule has 0 aromatic carbocycles. The first-order valence-electron chi connectivity index (χ1n) is 10.4. The predicted molar refractivity (Wildman–Crippen MR) is 109 cm³/mol. The summed E-state index contributed by atoms with van der Waals surface area (Å²) < 4.78 is 7.14. The van der Waals surface area contributed by atoms with E-state index >= 15 is 0 Å². The van der Waals surface area contributed by atoms with Crippen LogP contribution in [0.15, 0.2) is 17.2 Å². The van der Waals surface area contributed by atoms with Crippen LogP contribution in [-0.4, -0.2) is 42.2 Å². The van der Waals surface area contributed by atoms with E-state index in [2.05, 4.69) is 10.6 Å². The van der Waals surface area contributed by atoms with Crippen molar-refractivity contribution in [2.75, 3.05) is 19.8 Å². The molecule has 1 atom stereocenters. The first kappa shape index (κ1) is 22.1. The van der Waals surface area contributed by atoms with Gasteiger partial charge >= 0.3 is 0 Å². The summed E-state index contributed by atoms with van der Waals surface area (Å²) in [6.07, 6.45) is 8.87. The number of nitrogens with one attached hydrogen (secondary N) is 2. The molecule has 0 bridgehead atoms. The molecular weight excluding hydrogens is 358 g/mol. The van der Waals surface area contributed by atoms with Crippen molar-refractivity contribution in [1.29, 1.82) is 0 Å². The highest BCUT2D eigenvalue weighted by molar-refractivity contribution is 5.99. The predicted octanol–water partition coefficient (Wildman–Crippen LogP) is 2.65. The van der Waals surface area contributed by atoms with Crippen LogP contribution >= 0.6 is 0 Å². The molecule has 1 aliphatic carbocycles. The van der Waals surface area contributed by atoms with Gasteiger partial charge in [0.25, 0.3) is 11.8 Å². The molecule has 1 saturated carbocycles. The molecule has 2 amide bonds. The number of amides is 2. The Balaban J connectivity index is 2.25. The first-order chi connectivity index (χ1) is 13.5. The smallest absolute Gasteiger partial charge is 0.256 e. The van der Waals surface area contributed by atoms with Crippen molar-refractivity contribution < 1.29 is 14.3 Å². The number of rotatable bonds is 10. The van der Waals surface area contributed by atoms with E-state index in [9.17, 15) is 14.4 Å². The van der Waals surface area contributed by atoms with E-state index in [1.54, 1.807) is 12.4 Å². The molecule has 0 radical (unpaired) electrons. The normalized spacial score (nSPS) is 15.4. The monoisotopic (exact) mass is 391 g/mol. The van der Waals surface area contributed by atoms with Gasteiger partial charge in [-0.05, 0) is 39.5 Å². The van der Waals surface area contributed by atoms with E-state index in [0.717, 1.165) is 32.1 Å². The van der Waals surface area contributed by atoms with Crippen LogP contribution in [0.1, 0.15) is 86.1 Å². The average Bonchev–Trinajstić information content (AvgIpc) is 3.22. The van der Waals surface area contributed by atoms with E-state index in [0.29, 0.717) is 26.2 Å². The number of hydrogen-bond acceptors (Lipinski definition) is 4. The van der Waals surface area contributed by atoms with Gasteiger partial charge in [-0.1, -0.05) is 19.8 Å². The molecule has 1 fully saturated rings. The van der Waals surface area contributed by atoms with E-state index in [1.165, 1.54) is 0 Å². The Bertz CT molecular complexity index is 723. The summed E-state index contributed by atoms with van der Waals surface area (Å²) in [6.45, 7) is 7.38. The Labute approximate surface area is 166 Å². The summed E-state index contributed by atoms with van der Waals surface area (Å²) in [5.41, 5.74) is -0.452. The number of carbonyl (C=O) groups excluding carboxylic acids is 2. The fourth-order valence-electron chi connectivity index (χ4n) is 3.35. The van der Waals surface area contributed by atoms with E-state index in [1.807, 2.05) is 25.3 Å². The second-order valence-electron chi connectivity index (χ2n) is 7.39. The van der Waals surface area contributed by atoms with Crippen LogP contribution < -0.4 is 16.1 Å². The minimum absolute atomic E-state index is 0.0279. The largest absolute Gasteiger partial charge is 0.382 e. The standard InChI is InChI=1S/C21H33N3O4/c1-4-15(3)23-21(27)18-14-24(16-9-6-7-10-16)13-17(19(18)25)20(26)22-11-8-12-28-5-2/h13-16H,4-12H2,1-3H3,(H,22,26)(H,23,27)/t15-/m0/s1. The van der Waals surface area contributed by atoms with Crippen molar-refractivity contribution in [3.63, 3.8) is 0 Å². The Morgan fingerprint density at radius 2 is 1.82 bits per heavy atom. The zero-order valence-electron chi connectivity index (χ0n) is 17.3. The van der Waals surface area contributed by atoms with Gasteiger partial charge in [0.05, 0.1) is 0 Å². The Hall–Kier alpha value is -2.15. The molecule has 0 saturated heterocycles. The summed E-state index contributed by atoms with van der Waals surface area (Å²) >= 11 is 0. The molecule has 0 aliphatic heterocycles. The number of pyridine rings is 1. The lowest BCUT2D eigenvalue weighted by atomic mass is 10.1. The average molecular weight is 392 g/mol. The molecular formula is C21H33N3O4. The lowest BCUT2D eigenvalue weighted by molar-refractivity contribution is 0.0937. The lowest BCUT2D eigenvalue weighted by Gasteiger charge is -2.18. The van der Waals surface area contributed by atoms with Gasteiger partial charge in [0.15, 0.2) is 0 Å². The fourth-order valence-corrected chi connectivity index (χ4v) is 3.35. The van der Waals surface area contributed by atoms with Crippen LogP contribution in [0.5, 0.6) is 0 Å². The molecule has 1 aromatic heterocycles. The van der Waals surface area contributed by atoms with Crippen LogP contribution in [0, 0.1) is 0 Å². The van der Waals surface area contributed by atoms with Gasteiger partial charge in [-0.25, -0.2) is 0 Å². The van der Waals surface area contributed by atoms with Gasteiger partial charge in [-0.3, -0.25) is 14.4 Å². The molecule has 2 N–H and O–H groups in total. The van der Waals surface area contributed by atoms with E-state index in [4.69, 9.17) is 4.74 Å². The van der Waals surface area contributed by atoms with Crippen molar-refractivity contribution in [1.82, 2.24) is 15.2 Å². The molecule has 1 heterocycles. The number of nitrogens with zero attached hydrogens (tertiary/aromatic N) is 1. The molecule has 28 heavy (non-hydrogen) atoms. The number of carbonyl (C=O) groups is 2. The molecule has 156 valence electrons. The maximum atomic E-state index is 12.9. The van der Waals surface area contributed by atoms with Crippen molar-refractivity contribution in [3.8, 4) is 0 Å². The van der Waals surface area contributed by atoms with Gasteiger partial charge in [-0.2, -0.15) is 0 Å². The Kier molecular flexibility index (Phi) is 8.70. The summed E-state index contributed by atoms with van der Waals surface area (Å²) in [4.78, 5) is 38.1. The van der Waals surface area contributed by atoms with E-state index < -0.39 is 17.2 Å². The maximum Gasteiger partial charge on any atom is 0.256 e. The van der Waals surface area contributed by atoms with Gasteiger partial charge in [0, 0.05) is 44.2 Å². The van der Waals surface area contributed by atoms with Gasteiger partial charge in [0.1, 0.15) is 11.1 Å². The third kappa shape index (κ3) is 5.92. The van der Waals surface area contributed by atoms with Gasteiger partial charge < -0.3 is 19.9 Å². The highest BCUT2D eigenvalue weighted by Crippen LogP contribution is 2.29. The number of ether oxygens (including phenoxy) is 1. The second kappa shape index (κ2) is 11.0. The molecule has 0 unspecified atom stereocenters. The van der Waals surface area contributed by atoms with Crippen LogP contribution in [0.25, 0.3) is 0 Å². The van der Waals surface area contributed by atoms with Crippen molar-refractivity contribution in [2.24, 2.45) is 0 Å². The summed E-state index contributed by atoms with van der Waals surface area (Å²) in [5.74, 6) is -0.858. The fraction of sp³-hybridized carbons (Fsp3) is 0.667. The highest BCUT2D eigenvalue weighted by Gasteiger charge is 2.23. The van der Waals surface area contributed by atoms with Crippen molar-refractivity contribution >= 4 is 11.8 Å². The summed E-state index contributed by atoms with van der Waals surface area (Å²) in [6, 6.07) is 0.183. The molecule has 0 spiro atoms. The third-order valence-corrected chi connectivity index (χ3v) is 5.23. The third-order valence-electron chi connectivity index (χ3n) is 5.23. The van der Waals surface area contributed by atoms with Crippen molar-refractivity contribution in [2.45, 2.75) is 71.4 Å². The molecule has 7 nitrogen and oxygen atoms in total.